The van der Waals surface area contributed by atoms with Crippen molar-refractivity contribution in [2.24, 2.45) is 0 Å². The van der Waals surface area contributed by atoms with Crippen LogP contribution in [0.4, 0.5) is 0 Å². The lowest BCUT2D eigenvalue weighted by Crippen LogP contribution is -2.28. The molecule has 7 heteroatoms. The molecule has 0 spiro atoms. The number of nitrogens with one attached hydrogen (secondary N) is 1. The topological polar surface area (TPSA) is 71.8 Å². The van der Waals surface area contributed by atoms with E-state index in [0.717, 1.165) is 29.1 Å². The first-order chi connectivity index (χ1) is 15.1. The van der Waals surface area contributed by atoms with Crippen molar-refractivity contribution in [3.63, 3.8) is 0 Å². The fourth-order valence-corrected chi connectivity index (χ4v) is 4.67. The lowest BCUT2D eigenvalue weighted by molar-refractivity contribution is -0.128. The summed E-state index contributed by atoms with van der Waals surface area (Å²) >= 11 is 1.59. The van der Waals surface area contributed by atoms with E-state index in [4.69, 9.17) is 9.15 Å². The predicted octanol–water partition coefficient (Wildman–Crippen LogP) is 4.03. The molecule has 0 bridgehead atoms. The van der Waals surface area contributed by atoms with Crippen molar-refractivity contribution in [1.29, 1.82) is 0 Å². The normalized spacial score (nSPS) is 15.8. The lowest BCUT2D eigenvalue weighted by atomic mass is 10.1. The van der Waals surface area contributed by atoms with Crippen molar-refractivity contribution in [3.05, 3.63) is 89.4 Å². The molecule has 3 aromatic rings. The molecule has 0 radical (unpaired) electrons. The van der Waals surface area contributed by atoms with E-state index in [1.807, 2.05) is 65.6 Å². The number of methoxy groups -OCH3 is 1. The Morgan fingerprint density at radius 3 is 2.61 bits per heavy atom. The third-order valence-electron chi connectivity index (χ3n) is 5.19. The molecule has 0 saturated carbocycles. The third-order valence-corrected chi connectivity index (χ3v) is 6.45. The van der Waals surface area contributed by atoms with Gasteiger partial charge in [0.15, 0.2) is 0 Å². The van der Waals surface area contributed by atoms with Crippen LogP contribution in [-0.4, -0.2) is 36.1 Å². The van der Waals surface area contributed by atoms with Crippen molar-refractivity contribution in [2.75, 3.05) is 19.4 Å². The maximum Gasteiger partial charge on any atom is 0.251 e. The van der Waals surface area contributed by atoms with Gasteiger partial charge in [-0.3, -0.25) is 9.59 Å². The minimum absolute atomic E-state index is 0.0789. The summed E-state index contributed by atoms with van der Waals surface area (Å²) in [5.74, 6) is 2.00. The van der Waals surface area contributed by atoms with Crippen LogP contribution in [0.1, 0.15) is 32.6 Å². The summed E-state index contributed by atoms with van der Waals surface area (Å²) in [6, 6.07) is 19.0. The van der Waals surface area contributed by atoms with Gasteiger partial charge in [-0.2, -0.15) is 0 Å². The molecule has 1 aromatic heterocycles. The summed E-state index contributed by atoms with van der Waals surface area (Å²) in [5, 5.41) is 2.88. The Hall–Kier alpha value is -3.19. The highest BCUT2D eigenvalue weighted by Gasteiger charge is 2.33. The van der Waals surface area contributed by atoms with Crippen LogP contribution in [0.15, 0.2) is 71.3 Å². The molecule has 6 nitrogen and oxygen atoms in total. The van der Waals surface area contributed by atoms with Gasteiger partial charge in [0.05, 0.1) is 25.7 Å². The molecule has 0 aliphatic carbocycles. The first kappa shape index (κ1) is 21.1. The average Bonchev–Trinajstić information content (AvgIpc) is 3.45. The minimum atomic E-state index is -0.109. The summed E-state index contributed by atoms with van der Waals surface area (Å²) in [6.07, 6.45) is 2.36. The van der Waals surface area contributed by atoms with Crippen molar-refractivity contribution in [3.8, 4) is 5.75 Å². The van der Waals surface area contributed by atoms with E-state index in [1.54, 1.807) is 25.1 Å². The van der Waals surface area contributed by atoms with E-state index >= 15 is 0 Å². The maximum absolute atomic E-state index is 12.5. The molecule has 1 saturated heterocycles. The van der Waals surface area contributed by atoms with Crippen molar-refractivity contribution in [1.82, 2.24) is 10.2 Å². The van der Waals surface area contributed by atoms with Crippen molar-refractivity contribution < 1.29 is 18.7 Å². The summed E-state index contributed by atoms with van der Waals surface area (Å²) in [4.78, 5) is 26.6. The molecule has 1 unspecified atom stereocenters. The number of furan rings is 1. The van der Waals surface area contributed by atoms with E-state index in [0.29, 0.717) is 24.4 Å². The molecule has 160 valence electrons. The van der Waals surface area contributed by atoms with Crippen LogP contribution in [0, 0.1) is 0 Å². The SMILES string of the molecule is COc1ccc(CCNC(=O)c2ccc(C3SCC(=O)N3Cc3ccco3)cc2)cc1. The van der Waals surface area contributed by atoms with E-state index in [9.17, 15) is 9.59 Å². The number of nitrogens with zero attached hydrogens (tertiary/aromatic N) is 1. The Balaban J connectivity index is 1.33. The van der Waals surface area contributed by atoms with Gasteiger partial charge >= 0.3 is 0 Å². The maximum atomic E-state index is 12.5. The second kappa shape index (κ2) is 9.75. The van der Waals surface area contributed by atoms with Crippen LogP contribution in [0.3, 0.4) is 0 Å². The van der Waals surface area contributed by atoms with Crippen molar-refractivity contribution in [2.45, 2.75) is 18.3 Å². The molecule has 1 fully saturated rings. The van der Waals surface area contributed by atoms with Crippen LogP contribution < -0.4 is 10.1 Å². The van der Waals surface area contributed by atoms with Gasteiger partial charge in [-0.1, -0.05) is 24.3 Å². The highest BCUT2D eigenvalue weighted by Crippen LogP contribution is 2.39. The molecule has 1 aliphatic heterocycles. The molecule has 1 N–H and O–H groups in total. The fourth-order valence-electron chi connectivity index (χ4n) is 3.49. The highest BCUT2D eigenvalue weighted by atomic mass is 32.2. The standard InChI is InChI=1S/C24H24N2O4S/c1-29-20-10-4-17(5-11-20)12-13-25-23(28)18-6-8-19(9-7-18)24-26(22(27)16-31-24)15-21-3-2-14-30-21/h2-11,14,24H,12-13,15-16H2,1H3,(H,25,28). The Labute approximate surface area is 185 Å². The van der Waals surface area contributed by atoms with Gasteiger partial charge in [0.2, 0.25) is 5.91 Å². The fraction of sp³-hybridized carbons (Fsp3) is 0.250. The van der Waals surface area contributed by atoms with Crippen LogP contribution in [0.2, 0.25) is 0 Å². The quantitative estimate of drug-likeness (QED) is 0.577. The monoisotopic (exact) mass is 436 g/mol. The number of ether oxygens (including phenoxy) is 1. The van der Waals surface area contributed by atoms with E-state index in [1.165, 1.54) is 0 Å². The second-order valence-electron chi connectivity index (χ2n) is 7.24. The summed E-state index contributed by atoms with van der Waals surface area (Å²) in [7, 11) is 1.64. The Kier molecular flexibility index (Phi) is 6.62. The molecule has 4 rings (SSSR count). The van der Waals surface area contributed by atoms with Gasteiger partial charge in [0.1, 0.15) is 16.9 Å². The molecule has 31 heavy (non-hydrogen) atoms. The van der Waals surface area contributed by atoms with Crippen molar-refractivity contribution >= 4 is 23.6 Å². The van der Waals surface area contributed by atoms with Crippen LogP contribution >= 0.6 is 11.8 Å². The lowest BCUT2D eigenvalue weighted by Gasteiger charge is -2.23. The second-order valence-corrected chi connectivity index (χ2v) is 8.31. The van der Waals surface area contributed by atoms with E-state index in [-0.39, 0.29) is 17.2 Å². The first-order valence-electron chi connectivity index (χ1n) is 10.1. The highest BCUT2D eigenvalue weighted by molar-refractivity contribution is 8.00. The summed E-state index contributed by atoms with van der Waals surface area (Å²) in [6.45, 7) is 0.994. The number of thioether (sulfide) groups is 1. The number of carbonyl (C=O) groups is 2. The molecule has 1 atom stereocenters. The zero-order valence-electron chi connectivity index (χ0n) is 17.2. The van der Waals surface area contributed by atoms with Gasteiger partial charge in [0, 0.05) is 12.1 Å². The number of hydrogen-bond donors (Lipinski definition) is 1. The third kappa shape index (κ3) is 5.11. The Morgan fingerprint density at radius 1 is 1.16 bits per heavy atom. The van der Waals surface area contributed by atoms with Crippen LogP contribution in [-0.2, 0) is 17.8 Å². The predicted molar refractivity (Wildman–Crippen MR) is 120 cm³/mol. The summed E-state index contributed by atoms with van der Waals surface area (Å²) in [5.41, 5.74) is 2.73. The average molecular weight is 437 g/mol. The van der Waals surface area contributed by atoms with Gasteiger partial charge in [0.25, 0.3) is 5.91 Å². The Morgan fingerprint density at radius 2 is 1.94 bits per heavy atom. The van der Waals surface area contributed by atoms with E-state index < -0.39 is 0 Å². The molecular weight excluding hydrogens is 412 g/mol. The number of rotatable bonds is 8. The number of carbonyl (C=O) groups excluding carboxylic acids is 2. The molecular formula is C24H24N2O4S. The van der Waals surface area contributed by atoms with Crippen LogP contribution in [0.25, 0.3) is 0 Å². The molecule has 2 amide bonds. The number of amides is 2. The largest absolute Gasteiger partial charge is 0.497 e. The molecule has 1 aliphatic rings. The zero-order chi connectivity index (χ0) is 21.6. The number of hydrogen-bond acceptors (Lipinski definition) is 5. The van der Waals surface area contributed by atoms with Gasteiger partial charge in [-0.05, 0) is 53.9 Å². The van der Waals surface area contributed by atoms with Gasteiger partial charge in [-0.25, -0.2) is 0 Å². The molecule has 2 heterocycles. The smallest absolute Gasteiger partial charge is 0.251 e. The van der Waals surface area contributed by atoms with Gasteiger partial charge < -0.3 is 19.4 Å². The minimum Gasteiger partial charge on any atom is -0.497 e. The van der Waals surface area contributed by atoms with Gasteiger partial charge in [-0.15, -0.1) is 11.8 Å². The first-order valence-corrected chi connectivity index (χ1v) is 11.1. The zero-order valence-corrected chi connectivity index (χ0v) is 18.1. The Bertz CT molecular complexity index is 1020. The summed E-state index contributed by atoms with van der Waals surface area (Å²) < 4.78 is 10.6. The number of benzene rings is 2. The van der Waals surface area contributed by atoms with Crippen LogP contribution in [0.5, 0.6) is 5.75 Å². The molecule has 2 aromatic carbocycles. The van der Waals surface area contributed by atoms with E-state index in [2.05, 4.69) is 5.32 Å².